The molecule has 0 amide bonds. The Labute approximate surface area is 168 Å². The average molecular weight is 391 g/mol. The standard InChI is InChI=1S/C23H34O5/c1-3-4-5-6-7-8-9-10-11-15-23(26,20-17-21(24)28-22(20)25)18-13-12-14-19(16-18)27-2/h12-14,16-17,22,25-26H,3-11,15H2,1-2H3. The van der Waals surface area contributed by atoms with Crippen molar-refractivity contribution < 1.29 is 24.5 Å². The van der Waals surface area contributed by atoms with Crippen molar-refractivity contribution in [2.45, 2.75) is 83.0 Å². The van der Waals surface area contributed by atoms with Gasteiger partial charge in [-0.05, 0) is 30.5 Å². The zero-order valence-electron chi connectivity index (χ0n) is 17.2. The van der Waals surface area contributed by atoms with E-state index in [4.69, 9.17) is 9.47 Å². The highest BCUT2D eigenvalue weighted by atomic mass is 16.6. The topological polar surface area (TPSA) is 76.0 Å². The van der Waals surface area contributed by atoms with E-state index < -0.39 is 17.9 Å². The third-order valence-corrected chi connectivity index (χ3v) is 5.43. The molecular weight excluding hydrogens is 356 g/mol. The Hall–Kier alpha value is -1.85. The molecule has 2 atom stereocenters. The summed E-state index contributed by atoms with van der Waals surface area (Å²) in [6.45, 7) is 2.22. The molecule has 1 aliphatic heterocycles. The Balaban J connectivity index is 1.98. The molecule has 1 heterocycles. The molecule has 0 aromatic heterocycles. The summed E-state index contributed by atoms with van der Waals surface area (Å²) in [5.41, 5.74) is -0.665. The van der Waals surface area contributed by atoms with E-state index in [9.17, 15) is 15.0 Å². The number of esters is 1. The predicted octanol–water partition coefficient (Wildman–Crippen LogP) is 4.61. The molecular formula is C23H34O5. The second-order valence-electron chi connectivity index (χ2n) is 7.56. The van der Waals surface area contributed by atoms with Gasteiger partial charge in [0.1, 0.15) is 11.4 Å². The van der Waals surface area contributed by atoms with Crippen molar-refractivity contribution in [3.8, 4) is 5.75 Å². The summed E-state index contributed by atoms with van der Waals surface area (Å²) in [4.78, 5) is 11.6. The van der Waals surface area contributed by atoms with Crippen LogP contribution in [-0.4, -0.2) is 29.6 Å². The van der Waals surface area contributed by atoms with Gasteiger partial charge in [-0.2, -0.15) is 0 Å². The smallest absolute Gasteiger partial charge is 0.333 e. The number of cyclic esters (lactones) is 1. The van der Waals surface area contributed by atoms with Gasteiger partial charge in [0.2, 0.25) is 6.29 Å². The number of rotatable bonds is 13. The van der Waals surface area contributed by atoms with Crippen LogP contribution >= 0.6 is 0 Å². The van der Waals surface area contributed by atoms with Crippen LogP contribution in [0.25, 0.3) is 0 Å². The normalized spacial score (nSPS) is 18.5. The van der Waals surface area contributed by atoms with Crippen LogP contribution in [0.1, 0.15) is 76.7 Å². The fraction of sp³-hybridized carbons (Fsp3) is 0.609. The minimum Gasteiger partial charge on any atom is -0.497 e. The van der Waals surface area contributed by atoms with E-state index in [-0.39, 0.29) is 5.57 Å². The van der Waals surface area contributed by atoms with Gasteiger partial charge in [0, 0.05) is 11.6 Å². The third kappa shape index (κ3) is 6.08. The number of carbonyl (C=O) groups is 1. The molecule has 5 heteroatoms. The van der Waals surface area contributed by atoms with Gasteiger partial charge < -0.3 is 19.7 Å². The number of aliphatic hydroxyl groups excluding tert-OH is 1. The number of hydrogen-bond donors (Lipinski definition) is 2. The van der Waals surface area contributed by atoms with E-state index in [1.807, 2.05) is 0 Å². The maximum absolute atomic E-state index is 11.6. The minimum absolute atomic E-state index is 0.199. The highest BCUT2D eigenvalue weighted by Gasteiger charge is 2.42. The number of aliphatic hydroxyl groups is 2. The molecule has 0 saturated heterocycles. The molecule has 5 nitrogen and oxygen atoms in total. The molecule has 2 rings (SSSR count). The molecule has 0 radical (unpaired) electrons. The van der Waals surface area contributed by atoms with Gasteiger partial charge >= 0.3 is 5.97 Å². The highest BCUT2D eigenvalue weighted by molar-refractivity contribution is 5.86. The Kier molecular flexibility index (Phi) is 9.00. The highest BCUT2D eigenvalue weighted by Crippen LogP contribution is 2.40. The van der Waals surface area contributed by atoms with Crippen LogP contribution in [0.5, 0.6) is 5.75 Å². The van der Waals surface area contributed by atoms with Gasteiger partial charge in [0.25, 0.3) is 0 Å². The summed E-state index contributed by atoms with van der Waals surface area (Å²) in [6.07, 6.45) is 10.8. The SMILES string of the molecule is CCCCCCCCCCCC(O)(C1=CC(=O)OC1O)c1cccc(OC)c1. The zero-order valence-corrected chi connectivity index (χ0v) is 17.2. The van der Waals surface area contributed by atoms with Crippen molar-refractivity contribution in [3.05, 3.63) is 41.5 Å². The van der Waals surface area contributed by atoms with E-state index in [0.29, 0.717) is 17.7 Å². The Morgan fingerprint density at radius 2 is 1.71 bits per heavy atom. The van der Waals surface area contributed by atoms with Crippen molar-refractivity contribution >= 4 is 5.97 Å². The molecule has 1 aromatic carbocycles. The number of carbonyl (C=O) groups excluding carboxylic acids is 1. The largest absolute Gasteiger partial charge is 0.497 e. The second kappa shape index (κ2) is 11.2. The lowest BCUT2D eigenvalue weighted by Gasteiger charge is -2.31. The fourth-order valence-corrected chi connectivity index (χ4v) is 3.76. The molecule has 0 saturated carbocycles. The van der Waals surface area contributed by atoms with Gasteiger partial charge in [-0.25, -0.2) is 4.79 Å². The van der Waals surface area contributed by atoms with Gasteiger partial charge in [-0.1, -0.05) is 70.4 Å². The van der Waals surface area contributed by atoms with Crippen LogP contribution in [0.4, 0.5) is 0 Å². The van der Waals surface area contributed by atoms with Crippen molar-refractivity contribution in [2.75, 3.05) is 7.11 Å². The molecule has 28 heavy (non-hydrogen) atoms. The lowest BCUT2D eigenvalue weighted by atomic mass is 9.81. The predicted molar refractivity (Wildman–Crippen MR) is 109 cm³/mol. The minimum atomic E-state index is -1.46. The monoisotopic (exact) mass is 390 g/mol. The summed E-state index contributed by atoms with van der Waals surface area (Å²) in [7, 11) is 1.56. The summed E-state index contributed by atoms with van der Waals surface area (Å²) < 4.78 is 10.1. The number of benzene rings is 1. The second-order valence-corrected chi connectivity index (χ2v) is 7.56. The molecule has 0 aliphatic carbocycles. The van der Waals surface area contributed by atoms with Crippen LogP contribution in [0.3, 0.4) is 0 Å². The Morgan fingerprint density at radius 1 is 1.07 bits per heavy atom. The van der Waals surface area contributed by atoms with Gasteiger partial charge in [-0.3, -0.25) is 0 Å². The first-order valence-corrected chi connectivity index (χ1v) is 10.5. The lowest BCUT2D eigenvalue weighted by molar-refractivity contribution is -0.153. The first-order chi connectivity index (χ1) is 13.5. The number of methoxy groups -OCH3 is 1. The molecule has 156 valence electrons. The van der Waals surface area contributed by atoms with Gasteiger partial charge in [0.05, 0.1) is 7.11 Å². The maximum atomic E-state index is 11.6. The molecule has 1 aromatic rings. The zero-order chi connectivity index (χ0) is 20.4. The number of ether oxygens (including phenoxy) is 2. The van der Waals surface area contributed by atoms with Crippen molar-refractivity contribution in [1.29, 1.82) is 0 Å². The van der Waals surface area contributed by atoms with Crippen LogP contribution in [0.2, 0.25) is 0 Å². The van der Waals surface area contributed by atoms with Crippen LogP contribution in [0.15, 0.2) is 35.9 Å². The van der Waals surface area contributed by atoms with Crippen LogP contribution in [-0.2, 0) is 15.1 Å². The molecule has 2 N–H and O–H groups in total. The van der Waals surface area contributed by atoms with Gasteiger partial charge in [0.15, 0.2) is 0 Å². The van der Waals surface area contributed by atoms with Crippen molar-refractivity contribution in [3.63, 3.8) is 0 Å². The first kappa shape index (κ1) is 22.4. The van der Waals surface area contributed by atoms with E-state index in [1.54, 1.807) is 31.4 Å². The van der Waals surface area contributed by atoms with Crippen LogP contribution < -0.4 is 4.74 Å². The van der Waals surface area contributed by atoms with Crippen molar-refractivity contribution in [1.82, 2.24) is 0 Å². The molecule has 0 bridgehead atoms. The van der Waals surface area contributed by atoms with Crippen LogP contribution in [0, 0.1) is 0 Å². The molecule has 0 fully saturated rings. The van der Waals surface area contributed by atoms with E-state index in [2.05, 4.69) is 6.92 Å². The van der Waals surface area contributed by atoms with Crippen molar-refractivity contribution in [2.24, 2.45) is 0 Å². The molecule has 0 spiro atoms. The summed E-state index contributed by atoms with van der Waals surface area (Å²) in [6, 6.07) is 7.11. The Bertz CT molecular complexity index is 654. The van der Waals surface area contributed by atoms with Gasteiger partial charge in [-0.15, -0.1) is 0 Å². The summed E-state index contributed by atoms with van der Waals surface area (Å²) >= 11 is 0. The number of hydrogen-bond acceptors (Lipinski definition) is 5. The Morgan fingerprint density at radius 3 is 2.29 bits per heavy atom. The lowest BCUT2D eigenvalue weighted by Crippen LogP contribution is -2.33. The first-order valence-electron chi connectivity index (χ1n) is 10.5. The summed E-state index contributed by atoms with van der Waals surface area (Å²) in [5.74, 6) is -0.0146. The van der Waals surface area contributed by atoms with E-state index >= 15 is 0 Å². The van der Waals surface area contributed by atoms with E-state index in [1.165, 1.54) is 44.6 Å². The maximum Gasteiger partial charge on any atom is 0.333 e. The average Bonchev–Trinajstić information content (AvgIpc) is 3.05. The molecule has 1 aliphatic rings. The third-order valence-electron chi connectivity index (χ3n) is 5.43. The molecule has 2 unspecified atom stereocenters. The quantitative estimate of drug-likeness (QED) is 0.380. The van der Waals surface area contributed by atoms with E-state index in [0.717, 1.165) is 19.3 Å². The summed E-state index contributed by atoms with van der Waals surface area (Å²) in [5, 5.41) is 21.6. The fourth-order valence-electron chi connectivity index (χ4n) is 3.76. The number of unbranched alkanes of at least 4 members (excludes halogenated alkanes) is 8.